The van der Waals surface area contributed by atoms with E-state index in [0.29, 0.717) is 22.9 Å². The van der Waals surface area contributed by atoms with Crippen molar-refractivity contribution in [1.82, 2.24) is 15.0 Å². The number of aromatic amines is 2. The van der Waals surface area contributed by atoms with Crippen LogP contribution >= 0.6 is 11.8 Å². The van der Waals surface area contributed by atoms with Gasteiger partial charge in [0.25, 0.3) is 0 Å². The molecule has 1 aliphatic heterocycles. The maximum atomic E-state index is 15.5. The van der Waals surface area contributed by atoms with Crippen LogP contribution in [0.2, 0.25) is 5.11 Å². The van der Waals surface area contributed by atoms with Crippen LogP contribution in [-0.4, -0.2) is 110 Å². The highest BCUT2D eigenvalue weighted by Gasteiger charge is 2.49. The van der Waals surface area contributed by atoms with Gasteiger partial charge in [-0.3, -0.25) is 4.79 Å². The van der Waals surface area contributed by atoms with Gasteiger partial charge in [0.15, 0.2) is 11.6 Å². The lowest BCUT2D eigenvalue weighted by Gasteiger charge is -2.49. The van der Waals surface area contributed by atoms with Crippen molar-refractivity contribution in [3.05, 3.63) is 89.1 Å². The van der Waals surface area contributed by atoms with Gasteiger partial charge in [0, 0.05) is 34.5 Å². The third kappa shape index (κ3) is 6.84. The average molecular weight is 702 g/mol. The summed E-state index contributed by atoms with van der Waals surface area (Å²) in [6.45, 7) is -0.0136. The standard InChI is InChI=1S/C32H20B8F3N3O5S/c33-30(34,49)18(28(47)48)10-13-2-1-3-17-24(13)50-9-7-29(17,31(35,36)37)20-12-45-27(46-20)16-11-14(4-5-19(16)41)51-25-22(43)21(42)23-15(6-8-44-23)26(25)52-32(38,39)40/h1-6,8,11-12,18,44,49H,7,9-10H2,(H,45,46)(H,47,48). The fourth-order valence-electron chi connectivity index (χ4n) is 6.41. The van der Waals surface area contributed by atoms with E-state index < -0.39 is 55.5 Å². The van der Waals surface area contributed by atoms with Crippen molar-refractivity contribution in [2.24, 2.45) is 5.92 Å². The number of imidazole rings is 1. The third-order valence-electron chi connectivity index (χ3n) is 8.84. The van der Waals surface area contributed by atoms with Crippen LogP contribution in [-0.2, 0) is 16.6 Å². The molecule has 0 spiro atoms. The van der Waals surface area contributed by atoms with Crippen molar-refractivity contribution in [1.29, 1.82) is 0 Å². The SMILES string of the molecule is [B]C([B])([B])Sc1c(Oc2ccc(F)c(-c3ncc(C4(C([B])([B])[B])CCOc5c(CC(C(=O)O)C([B])([B])O)cccc54)[nH]3)c2)c(F)c(F)c2[nH]ccc12. The molecule has 1 aliphatic rings. The summed E-state index contributed by atoms with van der Waals surface area (Å²) in [7, 11) is 47.8. The maximum Gasteiger partial charge on any atom is 0.308 e. The molecule has 0 saturated carbocycles. The number of ether oxygens (including phenoxy) is 2. The summed E-state index contributed by atoms with van der Waals surface area (Å²) >= 11 is 0.619. The summed E-state index contributed by atoms with van der Waals surface area (Å²) < 4.78 is 55.9. The quantitative estimate of drug-likeness (QED) is 0.124. The number of hydrogen-bond donors (Lipinski definition) is 4. The molecule has 3 aromatic carbocycles. The Balaban J connectivity index is 1.42. The molecular formula is C32H20B8F3N3O5S. The first-order valence-corrected chi connectivity index (χ1v) is 16.3. The fraction of sp³-hybridized carbons (Fsp3) is 0.250. The minimum Gasteiger partial charge on any atom is -0.493 e. The summed E-state index contributed by atoms with van der Waals surface area (Å²) in [5.74, 6) is -7.10. The van der Waals surface area contributed by atoms with Crippen molar-refractivity contribution in [2.75, 3.05) is 6.61 Å². The number of fused-ring (bicyclic) bond motifs is 2. The average Bonchev–Trinajstić information content (AvgIpc) is 3.74. The number of aliphatic hydroxyl groups is 1. The lowest BCUT2D eigenvalue weighted by atomic mass is 9.30. The first kappa shape index (κ1) is 37.8. The molecule has 2 aromatic heterocycles. The number of halogens is 3. The van der Waals surface area contributed by atoms with Gasteiger partial charge in [0.2, 0.25) is 5.82 Å². The van der Waals surface area contributed by atoms with Crippen LogP contribution in [0.3, 0.4) is 0 Å². The molecular weight excluding hydrogens is 682 g/mol. The highest BCUT2D eigenvalue weighted by Crippen LogP contribution is 2.55. The minimum absolute atomic E-state index is 0.0136. The molecule has 5 aromatic rings. The second-order valence-corrected chi connectivity index (χ2v) is 13.9. The number of H-pyrrole nitrogens is 2. The molecule has 0 fully saturated rings. The van der Waals surface area contributed by atoms with E-state index in [1.54, 1.807) is 18.2 Å². The summed E-state index contributed by atoms with van der Waals surface area (Å²) in [5, 5.41) is 15.4. The topological polar surface area (TPSA) is 120 Å². The molecule has 16 radical (unpaired) electrons. The van der Waals surface area contributed by atoms with E-state index in [9.17, 15) is 15.0 Å². The Bertz CT molecular complexity index is 2190. The summed E-state index contributed by atoms with van der Waals surface area (Å²) in [6.07, 6.45) is 2.46. The van der Waals surface area contributed by atoms with E-state index in [1.807, 2.05) is 0 Å². The lowest BCUT2D eigenvalue weighted by Crippen LogP contribution is -2.47. The van der Waals surface area contributed by atoms with Gasteiger partial charge in [0.1, 0.15) is 38.8 Å². The van der Waals surface area contributed by atoms with Gasteiger partial charge in [-0.1, -0.05) is 22.6 Å². The number of carbonyl (C=O) groups is 1. The minimum atomic E-state index is -2.57. The molecule has 4 N–H and O–H groups in total. The van der Waals surface area contributed by atoms with Gasteiger partial charge in [0.05, 0.1) is 75.6 Å². The van der Waals surface area contributed by atoms with Crippen LogP contribution in [0.4, 0.5) is 13.2 Å². The Morgan fingerprint density at radius 3 is 2.44 bits per heavy atom. The fourth-order valence-corrected chi connectivity index (χ4v) is 7.26. The van der Waals surface area contributed by atoms with Crippen molar-refractivity contribution in [3.8, 4) is 28.6 Å². The zero-order chi connectivity index (χ0) is 38.0. The molecule has 0 bridgehead atoms. The lowest BCUT2D eigenvalue weighted by molar-refractivity contribution is -0.144. The van der Waals surface area contributed by atoms with Gasteiger partial charge in [-0.2, -0.15) is 4.39 Å². The summed E-state index contributed by atoms with van der Waals surface area (Å²) in [6, 6.07) is 9.62. The molecule has 244 valence electrons. The van der Waals surface area contributed by atoms with E-state index in [4.69, 9.17) is 72.2 Å². The Kier molecular flexibility index (Phi) is 9.83. The molecule has 6 rings (SSSR count). The number of aliphatic carboxylic acids is 1. The third-order valence-corrected chi connectivity index (χ3v) is 9.80. The van der Waals surface area contributed by atoms with E-state index in [0.717, 1.165) is 6.07 Å². The highest BCUT2D eigenvalue weighted by atomic mass is 32.2. The first-order valence-electron chi connectivity index (χ1n) is 15.4. The second-order valence-electron chi connectivity index (χ2n) is 12.6. The number of nitrogens with zero attached hydrogens (tertiary/aromatic N) is 1. The molecule has 0 saturated heterocycles. The number of nitrogens with one attached hydrogen (secondary N) is 2. The number of hydrogen-bond acceptors (Lipinski definition) is 6. The molecule has 0 aliphatic carbocycles. The van der Waals surface area contributed by atoms with Gasteiger partial charge >= 0.3 is 5.97 Å². The van der Waals surface area contributed by atoms with Crippen molar-refractivity contribution < 1.29 is 37.7 Å². The first-order chi connectivity index (χ1) is 24.2. The van der Waals surface area contributed by atoms with Crippen molar-refractivity contribution in [3.63, 3.8) is 0 Å². The van der Waals surface area contributed by atoms with Crippen LogP contribution in [0.25, 0.3) is 22.3 Å². The van der Waals surface area contributed by atoms with Gasteiger partial charge < -0.3 is 29.7 Å². The number of carboxylic acid groups (broad SMARTS) is 1. The Hall–Kier alpha value is -3.90. The molecule has 2 atom stereocenters. The zero-order valence-corrected chi connectivity index (χ0v) is 27.9. The highest BCUT2D eigenvalue weighted by molar-refractivity contribution is 8.04. The largest absolute Gasteiger partial charge is 0.493 e. The van der Waals surface area contributed by atoms with Crippen LogP contribution in [0.15, 0.2) is 59.8 Å². The number of thioether (sulfide) groups is 1. The molecule has 3 heterocycles. The number of benzene rings is 3. The molecule has 8 nitrogen and oxygen atoms in total. The Morgan fingerprint density at radius 1 is 1.06 bits per heavy atom. The smallest absolute Gasteiger partial charge is 0.308 e. The number of para-hydroxylation sites is 1. The normalized spacial score (nSPS) is 17.0. The van der Waals surface area contributed by atoms with Gasteiger partial charge in [-0.25, -0.2) is 13.8 Å². The predicted octanol–water partition coefficient (Wildman–Crippen LogP) is 2.85. The van der Waals surface area contributed by atoms with Gasteiger partial charge in [-0.15, -0.1) is 16.9 Å². The van der Waals surface area contributed by atoms with Crippen molar-refractivity contribution >= 4 is 91.4 Å². The number of rotatable bonds is 11. The number of aromatic nitrogens is 3. The van der Waals surface area contributed by atoms with Crippen LogP contribution in [0.5, 0.6) is 17.2 Å². The van der Waals surface area contributed by atoms with Crippen LogP contribution in [0.1, 0.15) is 23.2 Å². The van der Waals surface area contributed by atoms with Crippen molar-refractivity contribution in [2.45, 2.75) is 38.1 Å². The maximum absolute atomic E-state index is 15.5. The monoisotopic (exact) mass is 703 g/mol. The zero-order valence-electron chi connectivity index (χ0n) is 27.1. The second kappa shape index (κ2) is 13.5. The predicted molar refractivity (Wildman–Crippen MR) is 197 cm³/mol. The summed E-state index contributed by atoms with van der Waals surface area (Å²) in [5.41, 5.74) is -0.968. The van der Waals surface area contributed by atoms with Gasteiger partial charge in [-0.05, 0) is 48.1 Å². The Labute approximate surface area is 311 Å². The van der Waals surface area contributed by atoms with E-state index in [1.165, 1.54) is 30.6 Å². The molecule has 52 heavy (non-hydrogen) atoms. The van der Waals surface area contributed by atoms with E-state index >= 15 is 13.2 Å². The number of carboxylic acids is 1. The van der Waals surface area contributed by atoms with Crippen LogP contribution < -0.4 is 9.47 Å². The van der Waals surface area contributed by atoms with E-state index in [-0.39, 0.29) is 63.8 Å². The molecule has 2 unspecified atom stereocenters. The van der Waals surface area contributed by atoms with E-state index in [2.05, 4.69) is 15.0 Å². The summed E-state index contributed by atoms with van der Waals surface area (Å²) in [4.78, 5) is 21.9. The molecule has 20 heteroatoms. The van der Waals surface area contributed by atoms with Crippen LogP contribution in [0, 0.1) is 23.4 Å². The Morgan fingerprint density at radius 2 is 1.79 bits per heavy atom. The molecule has 0 amide bonds.